The van der Waals surface area contributed by atoms with Crippen molar-refractivity contribution in [3.63, 3.8) is 0 Å². The second-order valence-corrected chi connectivity index (χ2v) is 6.07. The molecule has 11 heteroatoms. The van der Waals surface area contributed by atoms with Gasteiger partial charge in [-0.15, -0.1) is 5.10 Å². The normalized spacial score (nSPS) is 11.7. The number of nitro benzene ring substituents is 1. The Bertz CT molecular complexity index is 1290. The molecule has 0 radical (unpaired) electrons. The number of aromatic nitrogens is 6. The van der Waals surface area contributed by atoms with E-state index in [1.54, 1.807) is 17.0 Å². The molecule has 3 heterocycles. The Balaban J connectivity index is 2.18. The van der Waals surface area contributed by atoms with E-state index in [0.29, 0.717) is 11.3 Å². The summed E-state index contributed by atoms with van der Waals surface area (Å²) >= 11 is 0. The topological polar surface area (TPSA) is 144 Å². The lowest BCUT2D eigenvalue weighted by atomic mass is 10.2. The van der Waals surface area contributed by atoms with E-state index in [4.69, 9.17) is 0 Å². The minimum absolute atomic E-state index is 0.0209. The Morgan fingerprint density at radius 3 is 2.73 bits per heavy atom. The first-order chi connectivity index (χ1) is 12.4. The van der Waals surface area contributed by atoms with E-state index in [1.165, 1.54) is 12.1 Å². The van der Waals surface area contributed by atoms with Gasteiger partial charge < -0.3 is 4.98 Å². The predicted molar refractivity (Wildman–Crippen MR) is 91.8 cm³/mol. The number of aromatic amines is 2. The SMILES string of the molecule is CC(C)c1nccn1-c1cc2c(cc1[N+](=O)[O-])[nH]c(=O)c1n[nH]c(=O)n12. The molecule has 1 aromatic carbocycles. The molecule has 26 heavy (non-hydrogen) atoms. The maximum atomic E-state index is 12.1. The molecule has 0 amide bonds. The van der Waals surface area contributed by atoms with Crippen LogP contribution in [0.15, 0.2) is 34.1 Å². The van der Waals surface area contributed by atoms with Gasteiger partial charge in [-0.2, -0.15) is 0 Å². The van der Waals surface area contributed by atoms with Gasteiger partial charge in [-0.3, -0.25) is 19.5 Å². The first kappa shape index (κ1) is 15.7. The highest BCUT2D eigenvalue weighted by Gasteiger charge is 2.22. The Hall–Kier alpha value is -3.76. The number of nitrogens with one attached hydrogen (secondary N) is 2. The Labute approximate surface area is 144 Å². The third kappa shape index (κ3) is 2.13. The fourth-order valence-corrected chi connectivity index (χ4v) is 2.99. The molecule has 0 fully saturated rings. The van der Waals surface area contributed by atoms with Gasteiger partial charge in [-0.25, -0.2) is 19.3 Å². The maximum Gasteiger partial charge on any atom is 0.348 e. The van der Waals surface area contributed by atoms with Gasteiger partial charge in [-0.05, 0) is 6.07 Å². The molecule has 0 unspecified atom stereocenters. The third-order valence-electron chi connectivity index (χ3n) is 4.10. The fourth-order valence-electron chi connectivity index (χ4n) is 2.99. The van der Waals surface area contributed by atoms with Crippen LogP contribution in [0.5, 0.6) is 0 Å². The van der Waals surface area contributed by atoms with Crippen LogP contribution in [0.25, 0.3) is 22.4 Å². The van der Waals surface area contributed by atoms with Crippen LogP contribution < -0.4 is 11.2 Å². The number of hydrogen-bond acceptors (Lipinski definition) is 6. The smallest absolute Gasteiger partial charge is 0.317 e. The lowest BCUT2D eigenvalue weighted by Crippen LogP contribution is -2.17. The molecule has 4 aromatic rings. The van der Waals surface area contributed by atoms with Crippen molar-refractivity contribution >= 4 is 22.4 Å². The quantitative estimate of drug-likeness (QED) is 0.415. The monoisotopic (exact) mass is 355 g/mol. The molecule has 3 aromatic heterocycles. The van der Waals surface area contributed by atoms with E-state index in [2.05, 4.69) is 20.2 Å². The molecule has 0 saturated carbocycles. The van der Waals surface area contributed by atoms with Gasteiger partial charge >= 0.3 is 5.69 Å². The van der Waals surface area contributed by atoms with Gasteiger partial charge in [0, 0.05) is 24.4 Å². The minimum atomic E-state index is -0.622. The van der Waals surface area contributed by atoms with E-state index in [-0.39, 0.29) is 28.5 Å². The van der Waals surface area contributed by atoms with Crippen LogP contribution >= 0.6 is 0 Å². The molecule has 0 aliphatic rings. The number of H-pyrrole nitrogens is 2. The van der Waals surface area contributed by atoms with Gasteiger partial charge in [0.05, 0.1) is 16.0 Å². The predicted octanol–water partition coefficient (Wildman–Crippen LogP) is 1.08. The second-order valence-electron chi connectivity index (χ2n) is 6.07. The molecule has 132 valence electrons. The first-order valence-corrected chi connectivity index (χ1v) is 7.73. The summed E-state index contributed by atoms with van der Waals surface area (Å²) in [6, 6.07) is 2.70. The number of rotatable bonds is 3. The van der Waals surface area contributed by atoms with Gasteiger partial charge in [0.2, 0.25) is 5.65 Å². The summed E-state index contributed by atoms with van der Waals surface area (Å²) in [6.07, 6.45) is 3.17. The van der Waals surface area contributed by atoms with Crippen molar-refractivity contribution in [2.24, 2.45) is 0 Å². The molecule has 2 N–H and O–H groups in total. The molecule has 0 bridgehead atoms. The summed E-state index contributed by atoms with van der Waals surface area (Å²) in [7, 11) is 0. The number of fused-ring (bicyclic) bond motifs is 3. The zero-order valence-corrected chi connectivity index (χ0v) is 13.8. The van der Waals surface area contributed by atoms with Crippen LogP contribution in [0.3, 0.4) is 0 Å². The van der Waals surface area contributed by atoms with Crippen molar-refractivity contribution in [1.82, 2.24) is 29.1 Å². The molecule has 11 nitrogen and oxygen atoms in total. The van der Waals surface area contributed by atoms with E-state index in [1.807, 2.05) is 13.8 Å². The van der Waals surface area contributed by atoms with Gasteiger partial charge in [-0.1, -0.05) is 13.8 Å². The molecule has 0 atom stereocenters. The highest BCUT2D eigenvalue weighted by Crippen LogP contribution is 2.29. The zero-order valence-electron chi connectivity index (χ0n) is 13.8. The maximum absolute atomic E-state index is 12.1. The van der Waals surface area contributed by atoms with E-state index in [9.17, 15) is 19.7 Å². The second kappa shape index (κ2) is 5.37. The Kier molecular flexibility index (Phi) is 3.26. The fraction of sp³-hybridized carbons (Fsp3) is 0.200. The highest BCUT2D eigenvalue weighted by atomic mass is 16.6. The third-order valence-corrected chi connectivity index (χ3v) is 4.10. The first-order valence-electron chi connectivity index (χ1n) is 7.73. The number of imidazole rings is 1. The summed E-state index contributed by atoms with van der Waals surface area (Å²) in [5.74, 6) is 0.653. The largest absolute Gasteiger partial charge is 0.348 e. The van der Waals surface area contributed by atoms with Crippen molar-refractivity contribution in [3.05, 3.63) is 61.3 Å². The average Bonchev–Trinajstić information content (AvgIpc) is 3.21. The molecule has 0 saturated heterocycles. The van der Waals surface area contributed by atoms with Crippen LogP contribution in [0.1, 0.15) is 25.6 Å². The van der Waals surface area contributed by atoms with E-state index < -0.39 is 16.2 Å². The Morgan fingerprint density at radius 2 is 2.04 bits per heavy atom. The van der Waals surface area contributed by atoms with Crippen LogP contribution in [0.4, 0.5) is 5.69 Å². The highest BCUT2D eigenvalue weighted by molar-refractivity contribution is 5.83. The van der Waals surface area contributed by atoms with Crippen LogP contribution in [0, 0.1) is 10.1 Å². The summed E-state index contributed by atoms with van der Waals surface area (Å²) in [5.41, 5.74) is -0.866. The number of nitro groups is 1. The van der Waals surface area contributed by atoms with Gasteiger partial charge in [0.1, 0.15) is 11.5 Å². The van der Waals surface area contributed by atoms with Crippen molar-refractivity contribution in [2.75, 3.05) is 0 Å². The van der Waals surface area contributed by atoms with E-state index in [0.717, 1.165) is 4.40 Å². The minimum Gasteiger partial charge on any atom is -0.317 e. The van der Waals surface area contributed by atoms with Crippen LogP contribution in [-0.2, 0) is 0 Å². The van der Waals surface area contributed by atoms with Gasteiger partial charge in [0.25, 0.3) is 11.2 Å². The number of hydrogen-bond donors (Lipinski definition) is 2. The zero-order chi connectivity index (χ0) is 18.6. The van der Waals surface area contributed by atoms with Crippen molar-refractivity contribution in [1.29, 1.82) is 0 Å². The van der Waals surface area contributed by atoms with Crippen molar-refractivity contribution < 1.29 is 4.92 Å². The summed E-state index contributed by atoms with van der Waals surface area (Å²) in [5, 5.41) is 17.5. The molecule has 0 aliphatic carbocycles. The molecule has 0 spiro atoms. The van der Waals surface area contributed by atoms with Crippen molar-refractivity contribution in [2.45, 2.75) is 19.8 Å². The number of nitrogens with zero attached hydrogens (tertiary/aromatic N) is 5. The summed E-state index contributed by atoms with van der Waals surface area (Å²) < 4.78 is 2.69. The molecule has 4 rings (SSSR count). The number of benzene rings is 1. The lowest BCUT2D eigenvalue weighted by molar-refractivity contribution is -0.384. The Morgan fingerprint density at radius 1 is 1.27 bits per heavy atom. The summed E-state index contributed by atoms with van der Waals surface area (Å²) in [4.78, 5) is 42.0. The van der Waals surface area contributed by atoms with Crippen LogP contribution in [0.2, 0.25) is 0 Å². The summed E-state index contributed by atoms with van der Waals surface area (Å²) in [6.45, 7) is 3.84. The molecule has 0 aliphatic heterocycles. The van der Waals surface area contributed by atoms with Crippen LogP contribution in [-0.4, -0.2) is 34.1 Å². The lowest BCUT2D eigenvalue weighted by Gasteiger charge is -2.12. The standard InChI is InChI=1S/C15H13N7O4/c1-7(2)12-16-3-4-20(12)10-6-9-8(5-11(10)22(25)26)17-14(23)13-18-19-15(24)21(9)13/h3-7H,1-2H3,(H,17,23)(H,19,24). The average molecular weight is 355 g/mol. The molecular weight excluding hydrogens is 342 g/mol. The van der Waals surface area contributed by atoms with E-state index >= 15 is 0 Å². The van der Waals surface area contributed by atoms with Gasteiger partial charge in [0.15, 0.2) is 0 Å². The molecular formula is C15H13N7O4. The van der Waals surface area contributed by atoms with Crippen molar-refractivity contribution in [3.8, 4) is 5.69 Å².